The maximum absolute atomic E-state index is 11.7. The molecule has 1 amide bonds. The van der Waals surface area contributed by atoms with Gasteiger partial charge >= 0.3 is 0 Å². The molecule has 0 saturated heterocycles. The van der Waals surface area contributed by atoms with Gasteiger partial charge in [0.25, 0.3) is 0 Å². The lowest BCUT2D eigenvalue weighted by Crippen LogP contribution is -2.40. The van der Waals surface area contributed by atoms with Crippen molar-refractivity contribution in [2.24, 2.45) is 5.73 Å². The van der Waals surface area contributed by atoms with Crippen LogP contribution in [0, 0.1) is 0 Å². The van der Waals surface area contributed by atoms with Crippen molar-refractivity contribution in [1.82, 2.24) is 14.9 Å². The molecule has 0 unspecified atom stereocenters. The van der Waals surface area contributed by atoms with Crippen LogP contribution in [0.4, 0.5) is 0 Å². The van der Waals surface area contributed by atoms with Crippen molar-refractivity contribution < 1.29 is 4.79 Å². The molecule has 0 bridgehead atoms. The third-order valence-electron chi connectivity index (χ3n) is 2.37. The molecule has 94 valence electrons. The lowest BCUT2D eigenvalue weighted by molar-refractivity contribution is -0.132. The molecule has 0 aliphatic rings. The zero-order chi connectivity index (χ0) is 12.8. The number of rotatable bonds is 5. The molecule has 0 spiro atoms. The van der Waals surface area contributed by atoms with Crippen molar-refractivity contribution in [3.05, 3.63) is 18.1 Å². The highest BCUT2D eigenvalue weighted by Gasteiger charge is 2.18. The van der Waals surface area contributed by atoms with Crippen molar-refractivity contribution in [1.29, 1.82) is 0 Å². The standard InChI is InChI=1S/C11H18N4OS/c1-8(2)15(10(16)6-12)7-9-11(17-3)14-5-4-13-9/h4-5,8H,6-7,12H2,1-3H3. The van der Waals surface area contributed by atoms with Crippen LogP contribution in [0.3, 0.4) is 0 Å². The van der Waals surface area contributed by atoms with E-state index in [0.29, 0.717) is 6.54 Å². The third kappa shape index (κ3) is 3.67. The first kappa shape index (κ1) is 13.9. The maximum Gasteiger partial charge on any atom is 0.236 e. The fourth-order valence-corrected chi connectivity index (χ4v) is 1.99. The summed E-state index contributed by atoms with van der Waals surface area (Å²) >= 11 is 1.53. The average molecular weight is 254 g/mol. The molecule has 1 aromatic heterocycles. The Labute approximate surface area is 106 Å². The summed E-state index contributed by atoms with van der Waals surface area (Å²) in [6.07, 6.45) is 5.23. The van der Waals surface area contributed by atoms with Gasteiger partial charge in [0.1, 0.15) is 5.03 Å². The Morgan fingerprint density at radius 2 is 2.12 bits per heavy atom. The average Bonchev–Trinajstić information content (AvgIpc) is 2.35. The molecule has 5 nitrogen and oxygen atoms in total. The first-order valence-electron chi connectivity index (χ1n) is 5.43. The Morgan fingerprint density at radius 3 is 2.65 bits per heavy atom. The van der Waals surface area contributed by atoms with E-state index in [1.54, 1.807) is 17.3 Å². The van der Waals surface area contributed by atoms with Gasteiger partial charge in [-0.15, -0.1) is 11.8 Å². The number of hydrogen-bond acceptors (Lipinski definition) is 5. The topological polar surface area (TPSA) is 72.1 Å². The molecule has 17 heavy (non-hydrogen) atoms. The van der Waals surface area contributed by atoms with E-state index in [1.807, 2.05) is 20.1 Å². The van der Waals surface area contributed by atoms with Crippen LogP contribution in [0.5, 0.6) is 0 Å². The summed E-state index contributed by atoms with van der Waals surface area (Å²) < 4.78 is 0. The molecular formula is C11H18N4OS. The molecule has 0 fully saturated rings. The Bertz CT molecular complexity index is 383. The Morgan fingerprint density at radius 1 is 1.47 bits per heavy atom. The molecule has 1 rings (SSSR count). The predicted molar refractivity (Wildman–Crippen MR) is 68.6 cm³/mol. The van der Waals surface area contributed by atoms with Crippen LogP contribution in [-0.2, 0) is 11.3 Å². The summed E-state index contributed by atoms with van der Waals surface area (Å²) in [5.41, 5.74) is 6.22. The molecule has 0 aromatic carbocycles. The Hall–Kier alpha value is -1.14. The van der Waals surface area contributed by atoms with Crippen LogP contribution in [-0.4, -0.2) is 39.6 Å². The van der Waals surface area contributed by atoms with E-state index in [2.05, 4.69) is 9.97 Å². The normalized spacial score (nSPS) is 10.6. The molecule has 0 saturated carbocycles. The van der Waals surface area contributed by atoms with Gasteiger partial charge in [-0.25, -0.2) is 4.98 Å². The minimum absolute atomic E-state index is 0.0209. The highest BCUT2D eigenvalue weighted by molar-refractivity contribution is 7.98. The number of carbonyl (C=O) groups excluding carboxylic acids is 1. The summed E-state index contributed by atoms with van der Waals surface area (Å²) in [6, 6.07) is 0.0998. The fourth-order valence-electron chi connectivity index (χ4n) is 1.47. The second-order valence-electron chi connectivity index (χ2n) is 3.83. The van der Waals surface area contributed by atoms with E-state index < -0.39 is 0 Å². The van der Waals surface area contributed by atoms with Crippen molar-refractivity contribution >= 4 is 17.7 Å². The summed E-state index contributed by atoms with van der Waals surface area (Å²) in [5, 5.41) is 0.850. The Balaban J connectivity index is 2.89. The van der Waals surface area contributed by atoms with Gasteiger partial charge in [-0.05, 0) is 20.1 Å². The SMILES string of the molecule is CSc1nccnc1CN(C(=O)CN)C(C)C. The minimum atomic E-state index is -0.0716. The van der Waals surface area contributed by atoms with Gasteiger partial charge in [-0.1, -0.05) is 0 Å². The second kappa shape index (κ2) is 6.56. The van der Waals surface area contributed by atoms with Gasteiger partial charge in [0.15, 0.2) is 0 Å². The van der Waals surface area contributed by atoms with Gasteiger partial charge in [-0.2, -0.15) is 0 Å². The second-order valence-corrected chi connectivity index (χ2v) is 4.63. The molecule has 1 aromatic rings. The summed E-state index contributed by atoms with van der Waals surface area (Å²) in [4.78, 5) is 21.9. The van der Waals surface area contributed by atoms with E-state index in [-0.39, 0.29) is 18.5 Å². The van der Waals surface area contributed by atoms with Gasteiger partial charge in [0.05, 0.1) is 18.8 Å². The molecule has 6 heteroatoms. The van der Waals surface area contributed by atoms with Crippen LogP contribution in [0.15, 0.2) is 17.4 Å². The molecule has 0 aliphatic heterocycles. The van der Waals surface area contributed by atoms with Crippen molar-refractivity contribution in [2.45, 2.75) is 31.5 Å². The number of hydrogen-bond donors (Lipinski definition) is 1. The number of thioether (sulfide) groups is 1. The maximum atomic E-state index is 11.7. The van der Waals surface area contributed by atoms with Gasteiger partial charge in [0, 0.05) is 18.4 Å². The predicted octanol–water partition coefficient (Wildman–Crippen LogP) is 0.894. The van der Waals surface area contributed by atoms with Gasteiger partial charge in [0.2, 0.25) is 5.91 Å². The van der Waals surface area contributed by atoms with E-state index in [9.17, 15) is 4.79 Å². The third-order valence-corrected chi connectivity index (χ3v) is 3.10. The molecule has 1 heterocycles. The molecule has 0 atom stereocenters. The lowest BCUT2D eigenvalue weighted by atomic mass is 10.2. The van der Waals surface area contributed by atoms with Gasteiger partial charge < -0.3 is 10.6 Å². The highest BCUT2D eigenvalue weighted by Crippen LogP contribution is 2.17. The van der Waals surface area contributed by atoms with E-state index in [4.69, 9.17) is 5.73 Å². The van der Waals surface area contributed by atoms with Crippen molar-refractivity contribution in [3.8, 4) is 0 Å². The number of carbonyl (C=O) groups is 1. The summed E-state index contributed by atoms with van der Waals surface area (Å²) in [6.45, 7) is 4.40. The number of nitrogens with zero attached hydrogens (tertiary/aromatic N) is 3. The fraction of sp³-hybridized carbons (Fsp3) is 0.545. The first-order chi connectivity index (χ1) is 8.10. The zero-order valence-corrected chi connectivity index (χ0v) is 11.2. The summed E-state index contributed by atoms with van der Waals surface area (Å²) in [5.74, 6) is -0.0716. The van der Waals surface area contributed by atoms with Crippen LogP contribution in [0.2, 0.25) is 0 Å². The Kier molecular flexibility index (Phi) is 5.37. The van der Waals surface area contributed by atoms with Crippen molar-refractivity contribution in [2.75, 3.05) is 12.8 Å². The van der Waals surface area contributed by atoms with E-state index >= 15 is 0 Å². The van der Waals surface area contributed by atoms with Crippen LogP contribution < -0.4 is 5.73 Å². The van der Waals surface area contributed by atoms with Gasteiger partial charge in [-0.3, -0.25) is 9.78 Å². The molecule has 0 aliphatic carbocycles. The molecule has 2 N–H and O–H groups in total. The highest BCUT2D eigenvalue weighted by atomic mass is 32.2. The largest absolute Gasteiger partial charge is 0.333 e. The molecular weight excluding hydrogens is 236 g/mol. The first-order valence-corrected chi connectivity index (χ1v) is 6.66. The van der Waals surface area contributed by atoms with Crippen molar-refractivity contribution in [3.63, 3.8) is 0 Å². The number of aromatic nitrogens is 2. The van der Waals surface area contributed by atoms with E-state index in [0.717, 1.165) is 10.7 Å². The summed E-state index contributed by atoms with van der Waals surface area (Å²) in [7, 11) is 0. The van der Waals surface area contributed by atoms with Crippen LogP contribution in [0.25, 0.3) is 0 Å². The quantitative estimate of drug-likeness (QED) is 0.790. The van der Waals surface area contributed by atoms with Crippen LogP contribution in [0.1, 0.15) is 19.5 Å². The van der Waals surface area contributed by atoms with E-state index in [1.165, 1.54) is 11.8 Å². The lowest BCUT2D eigenvalue weighted by Gasteiger charge is -2.26. The number of amides is 1. The monoisotopic (exact) mass is 254 g/mol. The smallest absolute Gasteiger partial charge is 0.236 e. The number of nitrogens with two attached hydrogens (primary N) is 1. The zero-order valence-electron chi connectivity index (χ0n) is 10.4. The molecule has 0 radical (unpaired) electrons. The minimum Gasteiger partial charge on any atom is -0.333 e. The van der Waals surface area contributed by atoms with Crippen LogP contribution >= 0.6 is 11.8 Å².